The molecule has 25 heteroatoms. The zero-order chi connectivity index (χ0) is 61.8. The molecule has 0 atom stereocenters. The van der Waals surface area contributed by atoms with E-state index < -0.39 is 0 Å². The summed E-state index contributed by atoms with van der Waals surface area (Å²) in [6.45, 7) is 1.44. The number of nitrogens with zero attached hydrogens (tertiary/aromatic N) is 10. The molecular weight excluding hydrogens is 1240 g/mol. The number of imidazole rings is 3. The molecule has 12 aromatic rings. The van der Waals surface area contributed by atoms with Gasteiger partial charge in [-0.25, -0.2) is 39.9 Å². The molecule has 6 aromatic heterocycles. The first-order valence-corrected chi connectivity index (χ1v) is 30.9. The normalized spacial score (nSPS) is 10.8. The van der Waals surface area contributed by atoms with Crippen molar-refractivity contribution in [3.05, 3.63) is 187 Å². The highest BCUT2D eigenvalue weighted by molar-refractivity contribution is 9.09. The lowest BCUT2D eigenvalue weighted by molar-refractivity contribution is 0.394. The van der Waals surface area contributed by atoms with Gasteiger partial charge in [0, 0.05) is 18.4 Å². The standard InChI is InChI=1S/2C21H21N5O2S.C13H13N5O2S.C8H9Br/c1-27-15-8-9-16(28-2)17(12-15)29-21-24-18-19(22)23-13-26(20(18)25-21)11-10-14-6-4-3-5-7-14;1-27-15-8-9-16(28-2)17(12-15)29-21-25-18-19(22)23-13-24-20(18)26(21)11-10-14-6-4-3-5-7-14;1-19-7-3-4-8(20-2)9(5-7)21-13-17-10-11(14)15-6-16-12(10)18-13;9-7-6-8-4-2-1-3-5-8/h3-9,12-13,22H,10-11H2,1-2H3,(H,24,25);3-9,12-13H,10-11H2,1-2H3,(H2,22,23,24);3-6H,1-2H3,(H3,14,15,16,17,18);1-5H,6-7H2. The van der Waals surface area contributed by atoms with Crippen LogP contribution in [0.4, 0.5) is 11.6 Å². The number of rotatable bonds is 20. The predicted molar refractivity (Wildman–Crippen MR) is 349 cm³/mol. The first-order valence-electron chi connectivity index (χ1n) is 27.3. The van der Waals surface area contributed by atoms with E-state index in [1.807, 2.05) is 102 Å². The summed E-state index contributed by atoms with van der Waals surface area (Å²) in [7, 11) is 9.79. The number of aromatic amines is 2. The molecule has 0 saturated heterocycles. The summed E-state index contributed by atoms with van der Waals surface area (Å²) in [4.78, 5) is 43.5. The average Bonchev–Trinajstić information content (AvgIpc) is 3.82. The van der Waals surface area contributed by atoms with Crippen LogP contribution >= 0.6 is 51.2 Å². The van der Waals surface area contributed by atoms with Crippen molar-refractivity contribution in [2.75, 3.05) is 59.5 Å². The Morgan fingerprint density at radius 3 is 1.48 bits per heavy atom. The third kappa shape index (κ3) is 16.4. The van der Waals surface area contributed by atoms with Gasteiger partial charge in [0.05, 0.1) is 63.7 Å². The number of hydrogen-bond donors (Lipinski definition) is 5. The van der Waals surface area contributed by atoms with Gasteiger partial charge in [-0.05, 0) is 126 Å². The first-order chi connectivity index (χ1) is 43.0. The van der Waals surface area contributed by atoms with Crippen molar-refractivity contribution in [2.45, 2.75) is 62.5 Å². The number of methoxy groups -OCH3 is 6. The van der Waals surface area contributed by atoms with Crippen LogP contribution in [0.15, 0.2) is 195 Å². The second kappa shape index (κ2) is 31.4. The van der Waals surface area contributed by atoms with Crippen molar-refractivity contribution in [1.82, 2.24) is 59.0 Å². The largest absolute Gasteiger partial charge is 0.497 e. The van der Waals surface area contributed by atoms with Crippen LogP contribution in [0.25, 0.3) is 33.5 Å². The van der Waals surface area contributed by atoms with E-state index in [-0.39, 0.29) is 5.49 Å². The van der Waals surface area contributed by atoms with Crippen LogP contribution < -0.4 is 45.4 Å². The average molecular weight is 1300 g/mol. The zero-order valence-corrected chi connectivity index (χ0v) is 53.0. The highest BCUT2D eigenvalue weighted by Crippen LogP contribution is 2.40. The molecule has 0 fully saturated rings. The number of nitrogens with two attached hydrogens (primary N) is 2. The Labute approximate surface area is 529 Å². The number of fused-ring (bicyclic) bond motifs is 3. The SMILES string of the molecule is BrCCc1ccccc1.COc1ccc(OC)c(Sc2nc3c(N)ncnc3n2CCc2ccccc2)c1.COc1ccc(OC)c(Sc2nc3c([nH]2)c(=N)ncn3CCc2ccccc2)c1.COc1ccc(OC)c(Sc2nc3ncnc(N)c3[nH]2)c1. The minimum absolute atomic E-state index is 0.174. The number of ether oxygens (including phenoxy) is 6. The minimum Gasteiger partial charge on any atom is -0.497 e. The van der Waals surface area contributed by atoms with E-state index in [9.17, 15) is 0 Å². The molecule has 7 N–H and O–H groups in total. The maximum Gasteiger partial charge on any atom is 0.183 e. The van der Waals surface area contributed by atoms with Gasteiger partial charge < -0.3 is 59.0 Å². The topological polar surface area (TPSA) is 276 Å². The quantitative estimate of drug-likeness (QED) is 0.0444. The van der Waals surface area contributed by atoms with E-state index in [1.165, 1.54) is 64.6 Å². The van der Waals surface area contributed by atoms with E-state index in [2.05, 4.69) is 109 Å². The van der Waals surface area contributed by atoms with Crippen LogP contribution in [-0.2, 0) is 32.4 Å². The summed E-state index contributed by atoms with van der Waals surface area (Å²) in [6.07, 6.45) is 7.37. The van der Waals surface area contributed by atoms with Crippen LogP contribution in [0, 0.1) is 5.41 Å². The number of aromatic nitrogens is 12. The highest BCUT2D eigenvalue weighted by Gasteiger charge is 2.19. The summed E-state index contributed by atoms with van der Waals surface area (Å²) in [5.41, 5.74) is 19.7. The minimum atomic E-state index is 0.174. The molecule has 12 rings (SSSR count). The number of anilines is 2. The zero-order valence-electron chi connectivity index (χ0n) is 49.0. The summed E-state index contributed by atoms with van der Waals surface area (Å²) in [6, 6.07) is 47.9. The lowest BCUT2D eigenvalue weighted by atomic mass is 10.1. The fourth-order valence-electron chi connectivity index (χ4n) is 8.69. The maximum atomic E-state index is 8.14. The fourth-order valence-corrected chi connectivity index (χ4v) is 12.0. The van der Waals surface area contributed by atoms with E-state index in [1.54, 1.807) is 49.0 Å². The second-order valence-corrected chi connectivity index (χ2v) is 22.6. The van der Waals surface area contributed by atoms with Gasteiger partial charge in [-0.2, -0.15) is 0 Å². The van der Waals surface area contributed by atoms with E-state index in [0.29, 0.717) is 56.3 Å². The molecule has 0 aliphatic heterocycles. The monoisotopic (exact) mass is 1300 g/mol. The van der Waals surface area contributed by atoms with Gasteiger partial charge >= 0.3 is 0 Å². The number of nitrogen functional groups attached to an aromatic ring is 2. The molecule has 0 spiro atoms. The van der Waals surface area contributed by atoms with Crippen molar-refractivity contribution in [3.8, 4) is 34.5 Å². The summed E-state index contributed by atoms with van der Waals surface area (Å²) >= 11 is 7.71. The number of nitrogens with one attached hydrogen (secondary N) is 3. The predicted octanol–water partition coefficient (Wildman–Crippen LogP) is 12.2. The van der Waals surface area contributed by atoms with Gasteiger partial charge in [0.2, 0.25) is 0 Å². The first kappa shape index (κ1) is 63.2. The van der Waals surface area contributed by atoms with Gasteiger partial charge in [-0.15, -0.1) is 0 Å². The van der Waals surface area contributed by atoms with Gasteiger partial charge in [0.25, 0.3) is 0 Å². The molecule has 6 aromatic carbocycles. The molecule has 0 aliphatic carbocycles. The van der Waals surface area contributed by atoms with Crippen molar-refractivity contribution in [1.29, 1.82) is 5.41 Å². The van der Waals surface area contributed by atoms with E-state index in [0.717, 1.165) is 91.1 Å². The van der Waals surface area contributed by atoms with Gasteiger partial charge in [0.1, 0.15) is 58.2 Å². The number of aryl methyl sites for hydroxylation is 5. The highest BCUT2D eigenvalue weighted by atomic mass is 79.9. The van der Waals surface area contributed by atoms with Gasteiger partial charge in [-0.1, -0.05) is 107 Å². The molecule has 0 bridgehead atoms. The van der Waals surface area contributed by atoms with Crippen LogP contribution in [-0.4, -0.2) is 107 Å². The number of halogens is 1. The van der Waals surface area contributed by atoms with E-state index >= 15 is 0 Å². The number of H-pyrrole nitrogens is 2. The van der Waals surface area contributed by atoms with Crippen LogP contribution in [0.2, 0.25) is 0 Å². The van der Waals surface area contributed by atoms with Crippen molar-refractivity contribution in [2.24, 2.45) is 0 Å². The third-order valence-corrected chi connectivity index (χ3v) is 16.5. The third-order valence-electron chi connectivity index (χ3n) is 13.2. The molecule has 0 radical (unpaired) electrons. The number of alkyl halides is 1. The lowest BCUT2D eigenvalue weighted by Gasteiger charge is -2.11. The second-order valence-electron chi connectivity index (χ2n) is 18.8. The van der Waals surface area contributed by atoms with Crippen molar-refractivity contribution >= 4 is 96.3 Å². The molecule has 6 heterocycles. The Hall–Kier alpha value is -9.30. The molecule has 88 heavy (non-hydrogen) atoms. The molecule has 0 saturated carbocycles. The van der Waals surface area contributed by atoms with Crippen molar-refractivity contribution < 1.29 is 28.4 Å². The Morgan fingerprint density at radius 2 is 0.966 bits per heavy atom. The molecule has 0 aliphatic rings. The van der Waals surface area contributed by atoms with Crippen molar-refractivity contribution in [3.63, 3.8) is 0 Å². The van der Waals surface area contributed by atoms with Gasteiger partial charge in [-0.3, -0.25) is 5.41 Å². The fraction of sp³-hybridized carbons (Fsp3) is 0.190. The number of hydrogen-bond acceptors (Lipinski definition) is 20. The molecule has 0 unspecified atom stereocenters. The number of benzene rings is 6. The Morgan fingerprint density at radius 1 is 0.489 bits per heavy atom. The Balaban J connectivity index is 0.000000148. The summed E-state index contributed by atoms with van der Waals surface area (Å²) in [5.74, 6) is 5.19. The molecular formula is C63H64BrN15O6S3. The van der Waals surface area contributed by atoms with Crippen LogP contribution in [0.5, 0.6) is 34.5 Å². The Kier molecular flexibility index (Phi) is 22.5. The maximum absolute atomic E-state index is 8.14. The van der Waals surface area contributed by atoms with Crippen LogP contribution in [0.1, 0.15) is 16.7 Å². The summed E-state index contributed by atoms with van der Waals surface area (Å²) < 4.78 is 36.3. The van der Waals surface area contributed by atoms with Crippen LogP contribution in [0.3, 0.4) is 0 Å². The smallest absolute Gasteiger partial charge is 0.183 e. The Bertz CT molecular complexity index is 4270. The molecule has 0 amide bonds. The molecule has 452 valence electrons. The lowest BCUT2D eigenvalue weighted by Crippen LogP contribution is -2.13. The summed E-state index contributed by atoms with van der Waals surface area (Å²) in [5, 5.41) is 11.3. The molecule has 21 nitrogen and oxygen atoms in total. The van der Waals surface area contributed by atoms with E-state index in [4.69, 9.17) is 55.3 Å². The van der Waals surface area contributed by atoms with Gasteiger partial charge in [0.15, 0.2) is 55.1 Å².